The smallest absolute Gasteiger partial charge is 0.342 e. The third-order valence-electron chi connectivity index (χ3n) is 5.42. The van der Waals surface area contributed by atoms with Crippen molar-refractivity contribution in [1.82, 2.24) is 9.78 Å². The Morgan fingerprint density at radius 3 is 2.19 bits per heavy atom. The summed E-state index contributed by atoms with van der Waals surface area (Å²) < 4.78 is 6.87. The van der Waals surface area contributed by atoms with E-state index in [2.05, 4.69) is 5.10 Å². The molecule has 3 aromatic rings. The molecule has 0 aliphatic carbocycles. The molecule has 0 amide bonds. The second-order valence-corrected chi connectivity index (χ2v) is 7.31. The predicted octanol–water partition coefficient (Wildman–Crippen LogP) is 3.23. The number of nitrogens with zero attached hydrogens (tertiary/aromatic N) is 5. The zero-order chi connectivity index (χ0) is 22.8. The van der Waals surface area contributed by atoms with Gasteiger partial charge in [0, 0.05) is 14.1 Å². The Balaban J connectivity index is 1.52. The van der Waals surface area contributed by atoms with Crippen LogP contribution in [0.3, 0.4) is 0 Å². The van der Waals surface area contributed by atoms with E-state index in [1.54, 1.807) is 35.5 Å². The third-order valence-corrected chi connectivity index (χ3v) is 5.42. The number of hydrogen-bond acceptors (Lipinski definition) is 7. The topological polar surface area (TPSA) is 91.5 Å². The van der Waals surface area contributed by atoms with Gasteiger partial charge in [-0.2, -0.15) is 10.4 Å². The maximum atomic E-state index is 12.8. The SMILES string of the molecule is Cc1c(C(=O)OCC(=O)C(C#N)=C2N(C)c3ccccc3N2C)cnn1-c1ccccc1. The van der Waals surface area contributed by atoms with Crippen molar-refractivity contribution in [2.24, 2.45) is 0 Å². The summed E-state index contributed by atoms with van der Waals surface area (Å²) in [4.78, 5) is 29.0. The molecule has 0 unspecified atom stereocenters. The first-order valence-electron chi connectivity index (χ1n) is 9.95. The minimum Gasteiger partial charge on any atom is -0.454 e. The molecule has 0 atom stereocenters. The summed E-state index contributed by atoms with van der Waals surface area (Å²) in [6.07, 6.45) is 1.41. The van der Waals surface area contributed by atoms with Crippen molar-refractivity contribution in [2.75, 3.05) is 30.5 Å². The molecule has 2 heterocycles. The fraction of sp³-hybridized carbons (Fsp3) is 0.167. The van der Waals surface area contributed by atoms with Crippen LogP contribution in [0, 0.1) is 18.3 Å². The highest BCUT2D eigenvalue weighted by Gasteiger charge is 2.31. The summed E-state index contributed by atoms with van der Waals surface area (Å²) in [6.45, 7) is 1.21. The van der Waals surface area contributed by atoms with Gasteiger partial charge in [0.1, 0.15) is 23.0 Å². The van der Waals surface area contributed by atoms with E-state index in [0.29, 0.717) is 11.5 Å². The average molecular weight is 427 g/mol. The lowest BCUT2D eigenvalue weighted by molar-refractivity contribution is -0.118. The van der Waals surface area contributed by atoms with Crippen LogP contribution in [-0.2, 0) is 9.53 Å². The summed E-state index contributed by atoms with van der Waals surface area (Å²) in [5.74, 6) is -0.796. The Morgan fingerprint density at radius 1 is 1.00 bits per heavy atom. The molecule has 0 fully saturated rings. The van der Waals surface area contributed by atoms with Gasteiger partial charge in [0.25, 0.3) is 0 Å². The lowest BCUT2D eigenvalue weighted by atomic mass is 10.2. The standard InChI is InChI=1S/C24H21N5O3/c1-16-19(14-26-29(16)17-9-5-4-6-10-17)24(31)32-15-22(30)18(13-25)23-27(2)20-11-7-8-12-21(20)28(23)3/h4-12,14H,15H2,1-3H3. The number of esters is 1. The lowest BCUT2D eigenvalue weighted by Gasteiger charge is -2.19. The first-order valence-corrected chi connectivity index (χ1v) is 9.95. The zero-order valence-corrected chi connectivity index (χ0v) is 17.9. The molecule has 8 nitrogen and oxygen atoms in total. The highest BCUT2D eigenvalue weighted by atomic mass is 16.5. The van der Waals surface area contributed by atoms with Crippen LogP contribution in [0.4, 0.5) is 11.4 Å². The normalized spacial score (nSPS) is 12.4. The van der Waals surface area contributed by atoms with Crippen molar-refractivity contribution in [2.45, 2.75) is 6.92 Å². The molecule has 0 N–H and O–H groups in total. The third kappa shape index (κ3) is 3.50. The van der Waals surface area contributed by atoms with Gasteiger partial charge in [-0.3, -0.25) is 4.79 Å². The van der Waals surface area contributed by atoms with Gasteiger partial charge >= 0.3 is 5.97 Å². The number of anilines is 2. The van der Waals surface area contributed by atoms with E-state index in [4.69, 9.17) is 4.74 Å². The Morgan fingerprint density at radius 2 is 1.59 bits per heavy atom. The highest BCUT2D eigenvalue weighted by molar-refractivity contribution is 6.04. The van der Waals surface area contributed by atoms with Crippen LogP contribution >= 0.6 is 0 Å². The summed E-state index contributed by atoms with van der Waals surface area (Å²) in [5, 5.41) is 13.9. The molecule has 1 aliphatic heterocycles. The minimum atomic E-state index is -0.670. The Labute approximate surface area is 185 Å². The summed E-state index contributed by atoms with van der Waals surface area (Å²) in [6, 6.07) is 19.0. The minimum absolute atomic E-state index is 0.0734. The van der Waals surface area contributed by atoms with E-state index in [9.17, 15) is 14.9 Å². The summed E-state index contributed by atoms with van der Waals surface area (Å²) in [5.41, 5.74) is 3.35. The number of hydrogen-bond donors (Lipinski definition) is 0. The van der Waals surface area contributed by atoms with E-state index in [1.165, 1.54) is 6.20 Å². The molecule has 0 saturated heterocycles. The van der Waals surface area contributed by atoms with E-state index < -0.39 is 18.4 Å². The van der Waals surface area contributed by atoms with Crippen LogP contribution in [0.25, 0.3) is 5.69 Å². The first kappa shape index (κ1) is 20.9. The number of rotatable bonds is 5. The van der Waals surface area contributed by atoms with Crippen LogP contribution in [0.15, 0.2) is 72.2 Å². The van der Waals surface area contributed by atoms with Gasteiger partial charge in [-0.25, -0.2) is 9.48 Å². The fourth-order valence-corrected chi connectivity index (χ4v) is 3.78. The lowest BCUT2D eigenvalue weighted by Crippen LogP contribution is -2.27. The zero-order valence-electron chi connectivity index (χ0n) is 17.9. The van der Waals surface area contributed by atoms with Crippen LogP contribution in [-0.4, -0.2) is 42.2 Å². The molecule has 4 rings (SSSR count). The van der Waals surface area contributed by atoms with Crippen molar-refractivity contribution in [3.05, 3.63) is 83.4 Å². The Bertz CT molecular complexity index is 1240. The van der Waals surface area contributed by atoms with Gasteiger partial charge in [-0.15, -0.1) is 0 Å². The van der Waals surface area contributed by atoms with Crippen LogP contribution < -0.4 is 9.80 Å². The molecule has 0 radical (unpaired) electrons. The molecule has 1 aliphatic rings. The second-order valence-electron chi connectivity index (χ2n) is 7.31. The van der Waals surface area contributed by atoms with Gasteiger partial charge in [0.05, 0.1) is 29.0 Å². The number of carbonyl (C=O) groups excluding carboxylic acids is 2. The van der Waals surface area contributed by atoms with E-state index in [1.807, 2.05) is 60.7 Å². The average Bonchev–Trinajstić information content (AvgIpc) is 3.32. The van der Waals surface area contributed by atoms with Gasteiger partial charge < -0.3 is 14.5 Å². The number of benzene rings is 2. The highest BCUT2D eigenvalue weighted by Crippen LogP contribution is 2.40. The van der Waals surface area contributed by atoms with Gasteiger partial charge in [0.15, 0.2) is 6.61 Å². The number of nitriles is 1. The van der Waals surface area contributed by atoms with Gasteiger partial charge in [0.2, 0.25) is 5.78 Å². The molecule has 0 bridgehead atoms. The maximum Gasteiger partial charge on any atom is 0.342 e. The number of fused-ring (bicyclic) bond motifs is 1. The van der Waals surface area contributed by atoms with E-state index in [-0.39, 0.29) is 11.1 Å². The van der Waals surface area contributed by atoms with Gasteiger partial charge in [-0.1, -0.05) is 30.3 Å². The van der Waals surface area contributed by atoms with Crippen LogP contribution in [0.1, 0.15) is 16.1 Å². The quantitative estimate of drug-likeness (QED) is 0.351. The Kier molecular flexibility index (Phi) is 5.48. The molecule has 2 aromatic carbocycles. The van der Waals surface area contributed by atoms with Crippen molar-refractivity contribution < 1.29 is 14.3 Å². The number of Topliss-reactive ketones (excluding diaryl/α,β-unsaturated/α-hetero) is 1. The molecular weight excluding hydrogens is 406 g/mol. The monoisotopic (exact) mass is 427 g/mol. The molecule has 0 spiro atoms. The molecule has 1 aromatic heterocycles. The number of aromatic nitrogens is 2. The molecule has 8 heteroatoms. The molecule has 32 heavy (non-hydrogen) atoms. The van der Waals surface area contributed by atoms with Crippen LogP contribution in [0.5, 0.6) is 0 Å². The fourth-order valence-electron chi connectivity index (χ4n) is 3.78. The maximum absolute atomic E-state index is 12.8. The summed E-state index contributed by atoms with van der Waals surface area (Å²) >= 11 is 0. The van der Waals surface area contributed by atoms with E-state index >= 15 is 0 Å². The number of ether oxygens (including phenoxy) is 1. The second kappa shape index (κ2) is 8.40. The van der Waals surface area contributed by atoms with Crippen molar-refractivity contribution >= 4 is 23.1 Å². The summed E-state index contributed by atoms with van der Waals surface area (Å²) in [7, 11) is 3.57. The predicted molar refractivity (Wildman–Crippen MR) is 119 cm³/mol. The Hall–Kier alpha value is -4.38. The molecule has 0 saturated carbocycles. The first-order chi connectivity index (χ1) is 15.4. The van der Waals surface area contributed by atoms with Gasteiger partial charge in [-0.05, 0) is 31.2 Å². The number of ketones is 1. The van der Waals surface area contributed by atoms with Crippen molar-refractivity contribution in [3.63, 3.8) is 0 Å². The van der Waals surface area contributed by atoms with Crippen molar-refractivity contribution in [1.29, 1.82) is 5.26 Å². The number of para-hydroxylation sites is 3. The number of carbonyl (C=O) groups is 2. The van der Waals surface area contributed by atoms with Crippen LogP contribution in [0.2, 0.25) is 0 Å². The largest absolute Gasteiger partial charge is 0.454 e. The van der Waals surface area contributed by atoms with Crippen molar-refractivity contribution in [3.8, 4) is 11.8 Å². The molecule has 160 valence electrons. The molecular formula is C24H21N5O3. The van der Waals surface area contributed by atoms with E-state index in [0.717, 1.165) is 17.1 Å².